The van der Waals surface area contributed by atoms with E-state index >= 15 is 0 Å². The van der Waals surface area contributed by atoms with Crippen molar-refractivity contribution in [2.24, 2.45) is 0 Å². The van der Waals surface area contributed by atoms with Crippen molar-refractivity contribution in [1.29, 1.82) is 0 Å². The Morgan fingerprint density at radius 3 is 2.76 bits per heavy atom. The summed E-state index contributed by atoms with van der Waals surface area (Å²) in [5.74, 6) is 1.68. The zero-order valence-corrected chi connectivity index (χ0v) is 12.7. The van der Waals surface area contributed by atoms with E-state index in [1.165, 1.54) is 0 Å². The van der Waals surface area contributed by atoms with Gasteiger partial charge < -0.3 is 25.4 Å². The number of nitrogens with one attached hydrogen (secondary N) is 3. The van der Waals surface area contributed by atoms with Gasteiger partial charge in [-0.3, -0.25) is 4.79 Å². The van der Waals surface area contributed by atoms with E-state index in [0.717, 1.165) is 0 Å². The second kappa shape index (κ2) is 9.89. The lowest BCUT2D eigenvalue weighted by molar-refractivity contribution is -0.119. The highest BCUT2D eigenvalue weighted by Gasteiger charge is 2.06. The monoisotopic (exact) mass is 297 g/mol. The third-order valence-electron chi connectivity index (χ3n) is 2.52. The molecule has 8 heteroatoms. The quantitative estimate of drug-likeness (QED) is 0.532. The van der Waals surface area contributed by atoms with Gasteiger partial charge in [-0.2, -0.15) is 0 Å². The van der Waals surface area contributed by atoms with Crippen LogP contribution in [0.25, 0.3) is 0 Å². The Morgan fingerprint density at radius 1 is 1.33 bits per heavy atom. The van der Waals surface area contributed by atoms with Crippen molar-refractivity contribution in [3.05, 3.63) is 11.9 Å². The minimum Gasteiger partial charge on any atom is -0.383 e. The first-order chi connectivity index (χ1) is 10.2. The Labute approximate surface area is 124 Å². The number of carbonyl (C=O) groups is 1. The predicted octanol–water partition coefficient (Wildman–Crippen LogP) is 0.229. The first-order valence-corrected chi connectivity index (χ1v) is 6.82. The average molecular weight is 297 g/mol. The van der Waals surface area contributed by atoms with Gasteiger partial charge in [0.05, 0.1) is 13.2 Å². The van der Waals surface area contributed by atoms with E-state index in [-0.39, 0.29) is 12.5 Å². The highest BCUT2D eigenvalue weighted by Crippen LogP contribution is 2.11. The average Bonchev–Trinajstić information content (AvgIpc) is 2.51. The Hall–Kier alpha value is -1.93. The lowest BCUT2D eigenvalue weighted by atomic mass is 10.4. The Bertz CT molecular complexity index is 442. The highest BCUT2D eigenvalue weighted by atomic mass is 16.5. The number of hydrogen-bond acceptors (Lipinski definition) is 7. The molecule has 21 heavy (non-hydrogen) atoms. The second-order valence-corrected chi connectivity index (χ2v) is 4.14. The van der Waals surface area contributed by atoms with Gasteiger partial charge in [-0.15, -0.1) is 0 Å². The van der Waals surface area contributed by atoms with Gasteiger partial charge >= 0.3 is 0 Å². The zero-order chi connectivity index (χ0) is 15.5. The Kier molecular flexibility index (Phi) is 8.07. The fraction of sp³-hybridized carbons (Fsp3) is 0.615. The fourth-order valence-corrected chi connectivity index (χ4v) is 1.50. The van der Waals surface area contributed by atoms with Crippen molar-refractivity contribution in [3.8, 4) is 0 Å². The molecule has 0 aliphatic rings. The van der Waals surface area contributed by atoms with Crippen LogP contribution >= 0.6 is 0 Å². The third-order valence-corrected chi connectivity index (χ3v) is 2.52. The van der Waals surface area contributed by atoms with E-state index in [1.807, 2.05) is 6.92 Å². The van der Waals surface area contributed by atoms with Crippen LogP contribution in [-0.4, -0.2) is 56.3 Å². The molecule has 8 nitrogen and oxygen atoms in total. The predicted molar refractivity (Wildman–Crippen MR) is 80.3 cm³/mol. The van der Waals surface area contributed by atoms with Crippen molar-refractivity contribution < 1.29 is 14.3 Å². The molecule has 0 radical (unpaired) electrons. The number of nitrogens with zero attached hydrogens (tertiary/aromatic N) is 2. The minimum atomic E-state index is -0.122. The molecule has 1 rings (SSSR count). The van der Waals surface area contributed by atoms with E-state index < -0.39 is 0 Å². The maximum atomic E-state index is 11.6. The number of methoxy groups -OCH3 is 1. The largest absolute Gasteiger partial charge is 0.383 e. The number of hydrogen-bond donors (Lipinski definition) is 3. The minimum absolute atomic E-state index is 0.122. The molecule has 0 spiro atoms. The number of aromatic nitrogens is 2. The molecular weight excluding hydrogens is 274 g/mol. The van der Waals surface area contributed by atoms with Crippen molar-refractivity contribution in [2.45, 2.75) is 13.5 Å². The van der Waals surface area contributed by atoms with Gasteiger partial charge in [0.1, 0.15) is 18.2 Å². The molecule has 1 heterocycles. The Morgan fingerprint density at radius 2 is 2.10 bits per heavy atom. The highest BCUT2D eigenvalue weighted by molar-refractivity contribution is 5.80. The Balaban J connectivity index is 2.54. The number of carbonyl (C=O) groups excluding carboxylic acids is 1. The molecule has 0 fully saturated rings. The third kappa shape index (κ3) is 6.87. The number of rotatable bonds is 10. The standard InChI is InChI=1S/C13H23N5O3/c1-4-21-9-12-17-10(14-2)7-11(18-12)16-8-13(19)15-5-6-20-3/h7H,4-6,8-9H2,1-3H3,(H,15,19)(H2,14,16,17,18). The fourth-order valence-electron chi connectivity index (χ4n) is 1.50. The molecule has 1 aromatic rings. The summed E-state index contributed by atoms with van der Waals surface area (Å²) in [5, 5.41) is 8.63. The maximum Gasteiger partial charge on any atom is 0.239 e. The van der Waals surface area contributed by atoms with Crippen LogP contribution < -0.4 is 16.0 Å². The number of ether oxygens (including phenoxy) is 2. The van der Waals surface area contributed by atoms with Gasteiger partial charge in [0.2, 0.25) is 5.91 Å². The molecule has 0 bridgehead atoms. The molecule has 118 valence electrons. The van der Waals surface area contributed by atoms with Crippen LogP contribution in [0.15, 0.2) is 6.07 Å². The van der Waals surface area contributed by atoms with E-state index in [1.54, 1.807) is 20.2 Å². The smallest absolute Gasteiger partial charge is 0.239 e. The van der Waals surface area contributed by atoms with Gasteiger partial charge in [-0.25, -0.2) is 9.97 Å². The van der Waals surface area contributed by atoms with E-state index in [0.29, 0.717) is 43.8 Å². The van der Waals surface area contributed by atoms with E-state index in [9.17, 15) is 4.79 Å². The van der Waals surface area contributed by atoms with Gasteiger partial charge in [0, 0.05) is 33.4 Å². The lowest BCUT2D eigenvalue weighted by Gasteiger charge is -2.10. The molecule has 0 aromatic carbocycles. The zero-order valence-electron chi connectivity index (χ0n) is 12.7. The first-order valence-electron chi connectivity index (χ1n) is 6.82. The van der Waals surface area contributed by atoms with E-state index in [2.05, 4.69) is 25.9 Å². The van der Waals surface area contributed by atoms with Crippen LogP contribution in [0, 0.1) is 0 Å². The second-order valence-electron chi connectivity index (χ2n) is 4.14. The SMILES string of the molecule is CCOCc1nc(NC)cc(NCC(=O)NCCOC)n1. The maximum absolute atomic E-state index is 11.6. The molecule has 0 aliphatic heterocycles. The molecule has 0 saturated carbocycles. The van der Waals surface area contributed by atoms with Gasteiger partial charge in [-0.05, 0) is 6.92 Å². The molecule has 0 unspecified atom stereocenters. The summed E-state index contributed by atoms with van der Waals surface area (Å²) in [7, 11) is 3.36. The van der Waals surface area contributed by atoms with Crippen LogP contribution in [0.5, 0.6) is 0 Å². The van der Waals surface area contributed by atoms with Crippen molar-refractivity contribution in [1.82, 2.24) is 15.3 Å². The summed E-state index contributed by atoms with van der Waals surface area (Å²) < 4.78 is 10.2. The topological polar surface area (TPSA) is 97.4 Å². The van der Waals surface area contributed by atoms with Gasteiger partial charge in [0.25, 0.3) is 0 Å². The molecule has 0 saturated heterocycles. The summed E-state index contributed by atoms with van der Waals surface area (Å²) in [5.41, 5.74) is 0. The summed E-state index contributed by atoms with van der Waals surface area (Å²) in [6, 6.07) is 1.73. The molecule has 0 aliphatic carbocycles. The molecule has 3 N–H and O–H groups in total. The normalized spacial score (nSPS) is 10.2. The molecule has 1 aromatic heterocycles. The first kappa shape index (κ1) is 17.1. The number of anilines is 2. The van der Waals surface area contributed by atoms with Crippen molar-refractivity contribution in [2.75, 3.05) is 51.1 Å². The molecule has 0 atom stereocenters. The molecular formula is C13H23N5O3. The van der Waals surface area contributed by atoms with Gasteiger partial charge in [0.15, 0.2) is 5.82 Å². The van der Waals surface area contributed by atoms with E-state index in [4.69, 9.17) is 9.47 Å². The summed E-state index contributed by atoms with van der Waals surface area (Å²) in [6.45, 7) is 3.95. The summed E-state index contributed by atoms with van der Waals surface area (Å²) in [4.78, 5) is 20.2. The van der Waals surface area contributed by atoms with Crippen LogP contribution in [0.4, 0.5) is 11.6 Å². The summed E-state index contributed by atoms with van der Waals surface area (Å²) >= 11 is 0. The van der Waals surface area contributed by atoms with Crippen LogP contribution in [0.2, 0.25) is 0 Å². The van der Waals surface area contributed by atoms with Crippen LogP contribution in [0.3, 0.4) is 0 Å². The van der Waals surface area contributed by atoms with Crippen molar-refractivity contribution >= 4 is 17.5 Å². The van der Waals surface area contributed by atoms with Crippen LogP contribution in [-0.2, 0) is 20.9 Å². The van der Waals surface area contributed by atoms with Crippen LogP contribution in [0.1, 0.15) is 12.7 Å². The molecule has 1 amide bonds. The van der Waals surface area contributed by atoms with Gasteiger partial charge in [-0.1, -0.05) is 0 Å². The van der Waals surface area contributed by atoms with Crippen molar-refractivity contribution in [3.63, 3.8) is 0 Å². The summed E-state index contributed by atoms with van der Waals surface area (Å²) in [6.07, 6.45) is 0. The lowest BCUT2D eigenvalue weighted by Crippen LogP contribution is -2.32. The number of amides is 1.